The van der Waals surface area contributed by atoms with E-state index in [0.29, 0.717) is 29.7 Å². The summed E-state index contributed by atoms with van der Waals surface area (Å²) < 4.78 is 16.6. The van der Waals surface area contributed by atoms with Crippen LogP contribution in [0.2, 0.25) is 5.02 Å². The van der Waals surface area contributed by atoms with Gasteiger partial charge in [0.2, 0.25) is 0 Å². The van der Waals surface area contributed by atoms with E-state index in [2.05, 4.69) is 5.32 Å². The third kappa shape index (κ3) is 4.57. The Morgan fingerprint density at radius 3 is 2.60 bits per heavy atom. The van der Waals surface area contributed by atoms with Crippen LogP contribution in [0, 0.1) is 0 Å². The lowest BCUT2D eigenvalue weighted by atomic mass is 10.0. The van der Waals surface area contributed by atoms with Crippen molar-refractivity contribution in [3.8, 4) is 17.2 Å². The van der Waals surface area contributed by atoms with Crippen molar-refractivity contribution in [2.24, 2.45) is 0 Å². The average Bonchev–Trinajstić information content (AvgIpc) is 2.65. The molecule has 2 aromatic carbocycles. The van der Waals surface area contributed by atoms with Crippen LogP contribution in [0.4, 0.5) is 0 Å². The predicted molar refractivity (Wildman–Crippen MR) is 95.6 cm³/mol. The summed E-state index contributed by atoms with van der Waals surface area (Å²) in [6.07, 6.45) is 0.756. The topological polar surface area (TPSA) is 56.8 Å². The summed E-state index contributed by atoms with van der Waals surface area (Å²) in [6.45, 7) is 3.06. The maximum Gasteiger partial charge on any atom is 0.258 e. The van der Waals surface area contributed by atoms with Gasteiger partial charge < -0.3 is 19.5 Å². The molecule has 1 heterocycles. The first kappa shape index (κ1) is 17.4. The number of amides is 1. The van der Waals surface area contributed by atoms with Gasteiger partial charge in [-0.25, -0.2) is 0 Å². The van der Waals surface area contributed by atoms with Gasteiger partial charge in [-0.1, -0.05) is 24.6 Å². The lowest BCUT2D eigenvalue weighted by Gasteiger charge is -2.22. The molecule has 1 atom stereocenters. The van der Waals surface area contributed by atoms with Gasteiger partial charge in [-0.15, -0.1) is 0 Å². The van der Waals surface area contributed by atoms with Crippen molar-refractivity contribution in [3.63, 3.8) is 0 Å². The average molecular weight is 362 g/mol. The quantitative estimate of drug-likeness (QED) is 0.851. The van der Waals surface area contributed by atoms with Crippen LogP contribution in [0.25, 0.3) is 0 Å². The van der Waals surface area contributed by atoms with Crippen molar-refractivity contribution in [1.82, 2.24) is 5.32 Å². The summed E-state index contributed by atoms with van der Waals surface area (Å²) in [5.41, 5.74) is 0.978. The molecular formula is C19H20ClNO4. The molecule has 2 aromatic rings. The second-order valence-corrected chi connectivity index (χ2v) is 6.11. The van der Waals surface area contributed by atoms with E-state index in [9.17, 15) is 4.79 Å². The van der Waals surface area contributed by atoms with Gasteiger partial charge in [-0.05, 0) is 48.4 Å². The van der Waals surface area contributed by atoms with Gasteiger partial charge in [0.25, 0.3) is 5.91 Å². The SMILES string of the molecule is CCC(NC(=O)COc1ccc(Cl)cc1)c1ccc2c(c1)OCCO2. The Hall–Kier alpha value is -2.40. The number of carbonyl (C=O) groups is 1. The van der Waals surface area contributed by atoms with Gasteiger partial charge in [-0.2, -0.15) is 0 Å². The van der Waals surface area contributed by atoms with Crippen molar-refractivity contribution in [1.29, 1.82) is 0 Å². The highest BCUT2D eigenvalue weighted by Gasteiger charge is 2.17. The second-order valence-electron chi connectivity index (χ2n) is 5.67. The highest BCUT2D eigenvalue weighted by atomic mass is 35.5. The van der Waals surface area contributed by atoms with Crippen molar-refractivity contribution in [2.45, 2.75) is 19.4 Å². The second kappa shape index (κ2) is 8.12. The minimum atomic E-state index is -0.184. The minimum absolute atomic E-state index is 0.0529. The number of carbonyl (C=O) groups excluding carboxylic acids is 1. The van der Waals surface area contributed by atoms with Gasteiger partial charge >= 0.3 is 0 Å². The number of rotatable bonds is 6. The number of benzene rings is 2. The van der Waals surface area contributed by atoms with Gasteiger partial charge in [0.15, 0.2) is 18.1 Å². The lowest BCUT2D eigenvalue weighted by molar-refractivity contribution is -0.123. The summed E-state index contributed by atoms with van der Waals surface area (Å²) in [7, 11) is 0. The summed E-state index contributed by atoms with van der Waals surface area (Å²) in [6, 6.07) is 12.5. The Kier molecular flexibility index (Phi) is 5.66. The molecule has 0 radical (unpaired) electrons. The standard InChI is InChI=1S/C19H20ClNO4/c1-2-16(13-3-8-17-18(11-13)24-10-9-23-17)21-19(22)12-25-15-6-4-14(20)5-7-15/h3-8,11,16H,2,9-10,12H2,1H3,(H,21,22). The molecule has 0 saturated carbocycles. The molecule has 25 heavy (non-hydrogen) atoms. The third-order valence-corrected chi connectivity index (χ3v) is 4.15. The predicted octanol–water partition coefficient (Wildman–Crippen LogP) is 3.76. The maximum absolute atomic E-state index is 12.2. The zero-order valence-corrected chi connectivity index (χ0v) is 14.7. The van der Waals surface area contributed by atoms with E-state index in [-0.39, 0.29) is 18.6 Å². The summed E-state index contributed by atoms with van der Waals surface area (Å²) in [5, 5.41) is 3.61. The molecule has 0 aromatic heterocycles. The zero-order valence-electron chi connectivity index (χ0n) is 14.0. The Morgan fingerprint density at radius 1 is 1.16 bits per heavy atom. The number of nitrogens with one attached hydrogen (secondary N) is 1. The van der Waals surface area contributed by atoms with E-state index in [1.807, 2.05) is 25.1 Å². The first-order chi connectivity index (χ1) is 12.2. The van der Waals surface area contributed by atoms with Crippen molar-refractivity contribution in [3.05, 3.63) is 53.1 Å². The molecule has 1 aliphatic rings. The molecule has 1 unspecified atom stereocenters. The summed E-state index contributed by atoms with van der Waals surface area (Å²) >= 11 is 5.83. The van der Waals surface area contributed by atoms with Gasteiger partial charge in [-0.3, -0.25) is 4.79 Å². The molecule has 132 valence electrons. The van der Waals surface area contributed by atoms with Crippen LogP contribution in [-0.2, 0) is 4.79 Å². The van der Waals surface area contributed by atoms with Crippen LogP contribution in [0.15, 0.2) is 42.5 Å². The normalized spacial score (nSPS) is 13.8. The van der Waals surface area contributed by atoms with Crippen LogP contribution in [0.5, 0.6) is 17.2 Å². The highest BCUT2D eigenvalue weighted by molar-refractivity contribution is 6.30. The molecule has 5 nitrogen and oxygen atoms in total. The van der Waals surface area contributed by atoms with Gasteiger partial charge in [0.1, 0.15) is 19.0 Å². The molecule has 0 saturated heterocycles. The van der Waals surface area contributed by atoms with Crippen LogP contribution in [0.1, 0.15) is 24.9 Å². The van der Waals surface area contributed by atoms with Crippen LogP contribution >= 0.6 is 11.6 Å². The van der Waals surface area contributed by atoms with Gasteiger partial charge in [0.05, 0.1) is 6.04 Å². The summed E-state index contributed by atoms with van der Waals surface area (Å²) in [5.74, 6) is 1.87. The number of ether oxygens (including phenoxy) is 3. The number of hydrogen-bond donors (Lipinski definition) is 1. The molecular weight excluding hydrogens is 342 g/mol. The molecule has 1 N–H and O–H groups in total. The van der Waals surface area contributed by atoms with E-state index in [0.717, 1.165) is 17.7 Å². The van der Waals surface area contributed by atoms with E-state index >= 15 is 0 Å². The van der Waals surface area contributed by atoms with Crippen LogP contribution in [-0.4, -0.2) is 25.7 Å². The fraction of sp³-hybridized carbons (Fsp3) is 0.316. The van der Waals surface area contributed by atoms with Crippen LogP contribution in [0.3, 0.4) is 0 Å². The Labute approximate surface area is 151 Å². The third-order valence-electron chi connectivity index (χ3n) is 3.90. The van der Waals surface area contributed by atoms with E-state index in [1.54, 1.807) is 24.3 Å². The van der Waals surface area contributed by atoms with E-state index < -0.39 is 0 Å². The van der Waals surface area contributed by atoms with Crippen molar-refractivity contribution >= 4 is 17.5 Å². The molecule has 0 aliphatic carbocycles. The summed E-state index contributed by atoms with van der Waals surface area (Å²) in [4.78, 5) is 12.2. The molecule has 1 amide bonds. The van der Waals surface area contributed by atoms with E-state index in [4.69, 9.17) is 25.8 Å². The first-order valence-corrected chi connectivity index (χ1v) is 8.61. The van der Waals surface area contributed by atoms with Crippen LogP contribution < -0.4 is 19.5 Å². The molecule has 0 spiro atoms. The number of halogens is 1. The smallest absolute Gasteiger partial charge is 0.258 e. The van der Waals surface area contributed by atoms with E-state index in [1.165, 1.54) is 0 Å². The Balaban J connectivity index is 1.59. The van der Waals surface area contributed by atoms with Crippen molar-refractivity contribution < 1.29 is 19.0 Å². The van der Waals surface area contributed by atoms with Gasteiger partial charge in [0, 0.05) is 5.02 Å². The molecule has 0 bridgehead atoms. The Bertz CT molecular complexity index is 733. The molecule has 1 aliphatic heterocycles. The Morgan fingerprint density at radius 2 is 1.88 bits per heavy atom. The highest BCUT2D eigenvalue weighted by Crippen LogP contribution is 2.33. The maximum atomic E-state index is 12.2. The lowest BCUT2D eigenvalue weighted by Crippen LogP contribution is -2.32. The monoisotopic (exact) mass is 361 g/mol. The first-order valence-electron chi connectivity index (χ1n) is 8.23. The minimum Gasteiger partial charge on any atom is -0.486 e. The number of fused-ring (bicyclic) bond motifs is 1. The van der Waals surface area contributed by atoms with Crippen molar-refractivity contribution in [2.75, 3.05) is 19.8 Å². The zero-order chi connectivity index (χ0) is 17.6. The fourth-order valence-electron chi connectivity index (χ4n) is 2.61. The number of hydrogen-bond acceptors (Lipinski definition) is 4. The fourth-order valence-corrected chi connectivity index (χ4v) is 2.74. The molecule has 6 heteroatoms. The molecule has 3 rings (SSSR count). The molecule has 0 fully saturated rings. The largest absolute Gasteiger partial charge is 0.486 e.